The minimum absolute atomic E-state index is 0.792. The molecule has 0 spiro atoms. The third-order valence-electron chi connectivity index (χ3n) is 4.41. The Labute approximate surface area is 164 Å². The van der Waals surface area contributed by atoms with Crippen molar-refractivity contribution in [1.82, 2.24) is 10.3 Å². The average Bonchev–Trinajstić information content (AvgIpc) is 2.61. The van der Waals surface area contributed by atoms with Gasteiger partial charge in [-0.1, -0.05) is 60.7 Å². The van der Waals surface area contributed by atoms with Gasteiger partial charge in [0.1, 0.15) is 0 Å². The second-order valence-corrected chi connectivity index (χ2v) is 7.06. The van der Waals surface area contributed by atoms with Gasteiger partial charge in [0.05, 0.1) is 0 Å². The van der Waals surface area contributed by atoms with E-state index in [0.717, 1.165) is 35.5 Å². The lowest BCUT2D eigenvalue weighted by atomic mass is 10.00. The summed E-state index contributed by atoms with van der Waals surface area (Å²) in [5.74, 6) is 0. The molecule has 0 saturated heterocycles. The van der Waals surface area contributed by atoms with Crippen molar-refractivity contribution < 1.29 is 0 Å². The van der Waals surface area contributed by atoms with Crippen molar-refractivity contribution in [3.05, 3.63) is 107 Å². The Hall–Kier alpha value is -2.87. The van der Waals surface area contributed by atoms with Crippen LogP contribution in [0.1, 0.15) is 36.2 Å². The van der Waals surface area contributed by atoms with Crippen molar-refractivity contribution in [2.24, 2.45) is 0 Å². The molecule has 0 fully saturated rings. The largest absolute Gasteiger partial charge is 0.385 e. The Morgan fingerprint density at radius 1 is 1.04 bits per heavy atom. The quantitative estimate of drug-likeness (QED) is 0.590. The van der Waals surface area contributed by atoms with Gasteiger partial charge >= 0.3 is 0 Å². The van der Waals surface area contributed by atoms with Crippen molar-refractivity contribution in [2.45, 2.75) is 34.1 Å². The summed E-state index contributed by atoms with van der Waals surface area (Å²) in [6.07, 6.45) is 6.93. The highest BCUT2D eigenvalue weighted by atomic mass is 14.9. The molecular formula is C25H30N2. The van der Waals surface area contributed by atoms with Crippen LogP contribution in [0.2, 0.25) is 0 Å². The highest BCUT2D eigenvalue weighted by Gasteiger charge is 2.04. The smallest absolute Gasteiger partial charge is 0.0421 e. The zero-order valence-corrected chi connectivity index (χ0v) is 17.0. The first-order chi connectivity index (χ1) is 12.9. The lowest BCUT2D eigenvalue weighted by Crippen LogP contribution is -2.18. The van der Waals surface area contributed by atoms with Crippen LogP contribution in [0.5, 0.6) is 0 Å². The van der Waals surface area contributed by atoms with Crippen molar-refractivity contribution >= 4 is 5.57 Å². The van der Waals surface area contributed by atoms with E-state index in [1.165, 1.54) is 22.3 Å². The van der Waals surface area contributed by atoms with Crippen LogP contribution in [-0.2, 0) is 6.42 Å². The Balaban J connectivity index is 2.08. The van der Waals surface area contributed by atoms with Crippen molar-refractivity contribution in [2.75, 3.05) is 6.54 Å². The summed E-state index contributed by atoms with van der Waals surface area (Å²) < 4.78 is 0. The van der Waals surface area contributed by atoms with Crippen molar-refractivity contribution in [3.63, 3.8) is 0 Å². The normalized spacial score (nSPS) is 12.0. The number of hydrogen-bond donors (Lipinski definition) is 1. The Bertz CT molecular complexity index is 850. The molecule has 0 radical (unpaired) electrons. The summed E-state index contributed by atoms with van der Waals surface area (Å²) in [6, 6.07) is 12.6. The zero-order valence-electron chi connectivity index (χ0n) is 17.0. The number of nitrogens with zero attached hydrogens (tertiary/aromatic N) is 1. The predicted octanol–water partition coefficient (Wildman–Crippen LogP) is 5.95. The van der Waals surface area contributed by atoms with Gasteiger partial charge in [0.2, 0.25) is 0 Å². The van der Waals surface area contributed by atoms with E-state index >= 15 is 0 Å². The van der Waals surface area contributed by atoms with Crippen molar-refractivity contribution in [3.8, 4) is 0 Å². The Morgan fingerprint density at radius 3 is 2.33 bits per heavy atom. The van der Waals surface area contributed by atoms with Gasteiger partial charge in [0.15, 0.2) is 0 Å². The number of hydrogen-bond acceptors (Lipinski definition) is 2. The molecule has 0 aliphatic rings. The lowest BCUT2D eigenvalue weighted by Gasteiger charge is -2.13. The molecule has 1 N–H and O–H groups in total. The van der Waals surface area contributed by atoms with Crippen LogP contribution in [0.4, 0.5) is 0 Å². The molecule has 0 amide bonds. The van der Waals surface area contributed by atoms with Crippen LogP contribution < -0.4 is 5.32 Å². The van der Waals surface area contributed by atoms with Gasteiger partial charge in [0.25, 0.3) is 0 Å². The average molecular weight is 359 g/mol. The maximum absolute atomic E-state index is 4.35. The van der Waals surface area contributed by atoms with E-state index in [9.17, 15) is 0 Å². The highest BCUT2D eigenvalue weighted by molar-refractivity contribution is 5.67. The van der Waals surface area contributed by atoms with E-state index in [4.69, 9.17) is 0 Å². The minimum atomic E-state index is 0.792. The third-order valence-corrected chi connectivity index (χ3v) is 4.41. The molecule has 2 nitrogen and oxygen atoms in total. The zero-order chi connectivity index (χ0) is 19.8. The van der Waals surface area contributed by atoms with Crippen LogP contribution in [0, 0.1) is 13.8 Å². The fourth-order valence-electron chi connectivity index (χ4n) is 2.99. The molecule has 2 heteroatoms. The first-order valence-corrected chi connectivity index (χ1v) is 9.33. The molecule has 2 rings (SSSR count). The van der Waals surface area contributed by atoms with Crippen LogP contribution in [0.3, 0.4) is 0 Å². The van der Waals surface area contributed by atoms with Gasteiger partial charge in [0, 0.05) is 30.6 Å². The van der Waals surface area contributed by atoms with E-state index in [1.54, 1.807) is 0 Å². The molecule has 140 valence electrons. The monoisotopic (exact) mass is 358 g/mol. The highest BCUT2D eigenvalue weighted by Crippen LogP contribution is 2.20. The molecular weight excluding hydrogens is 328 g/mol. The summed E-state index contributed by atoms with van der Waals surface area (Å²) in [4.78, 5) is 4.35. The molecule has 27 heavy (non-hydrogen) atoms. The van der Waals surface area contributed by atoms with E-state index in [1.807, 2.05) is 31.3 Å². The number of nitrogens with one attached hydrogen (secondary N) is 1. The number of rotatable bonds is 8. The fourth-order valence-corrected chi connectivity index (χ4v) is 2.99. The van der Waals surface area contributed by atoms with Gasteiger partial charge < -0.3 is 5.32 Å². The van der Waals surface area contributed by atoms with Gasteiger partial charge in [-0.25, -0.2) is 0 Å². The topological polar surface area (TPSA) is 24.9 Å². The molecule has 0 bridgehead atoms. The molecule has 2 aromatic rings. The molecule has 1 heterocycles. The summed E-state index contributed by atoms with van der Waals surface area (Å²) in [6.45, 7) is 17.5. The number of allylic oxidation sites excluding steroid dienone is 4. The predicted molar refractivity (Wildman–Crippen MR) is 118 cm³/mol. The van der Waals surface area contributed by atoms with Crippen LogP contribution in [0.15, 0.2) is 84.7 Å². The maximum Gasteiger partial charge on any atom is 0.0421 e. The first-order valence-electron chi connectivity index (χ1n) is 9.33. The molecule has 0 aliphatic carbocycles. The number of benzene rings is 1. The van der Waals surface area contributed by atoms with Gasteiger partial charge in [-0.2, -0.15) is 0 Å². The molecule has 0 atom stereocenters. The maximum atomic E-state index is 4.35. The van der Waals surface area contributed by atoms with E-state index in [0.29, 0.717) is 0 Å². The van der Waals surface area contributed by atoms with Gasteiger partial charge in [-0.15, -0.1) is 0 Å². The van der Waals surface area contributed by atoms with Crippen LogP contribution >= 0.6 is 0 Å². The number of pyridine rings is 1. The molecule has 1 aromatic heterocycles. The second kappa shape index (κ2) is 9.72. The molecule has 0 unspecified atom stereocenters. The standard InChI is InChI=1S/C25H30N2/c1-18(2)25(22(6)26-14-12-24-9-7-8-13-27-24)11-10-21(5)23-16-19(3)15-20(4)17-23/h7-11,13,15-17,26H,1,6,12,14H2,2-5H3/b21-10+,25-11-. The molecule has 0 saturated carbocycles. The van der Waals surface area contributed by atoms with E-state index in [-0.39, 0.29) is 0 Å². The SMILES string of the molecule is C=C(C)/C(=C/C=C(\C)c1cc(C)cc(C)c1)C(=C)NCCc1ccccn1. The summed E-state index contributed by atoms with van der Waals surface area (Å²) >= 11 is 0. The van der Waals surface area contributed by atoms with E-state index in [2.05, 4.69) is 74.6 Å². The summed E-state index contributed by atoms with van der Waals surface area (Å²) in [5.41, 5.74) is 9.03. The number of aryl methyl sites for hydroxylation is 2. The van der Waals surface area contributed by atoms with Crippen LogP contribution in [-0.4, -0.2) is 11.5 Å². The summed E-state index contributed by atoms with van der Waals surface area (Å²) in [5, 5.41) is 3.40. The van der Waals surface area contributed by atoms with Crippen LogP contribution in [0.25, 0.3) is 5.57 Å². The van der Waals surface area contributed by atoms with Gasteiger partial charge in [-0.3, -0.25) is 4.98 Å². The van der Waals surface area contributed by atoms with E-state index < -0.39 is 0 Å². The Kier molecular flexibility index (Phi) is 7.36. The van der Waals surface area contributed by atoms with Gasteiger partial charge in [-0.05, 0) is 62.1 Å². The first kappa shape index (κ1) is 20.4. The number of aromatic nitrogens is 1. The lowest BCUT2D eigenvalue weighted by molar-refractivity contribution is 0.783. The minimum Gasteiger partial charge on any atom is -0.385 e. The van der Waals surface area contributed by atoms with Crippen molar-refractivity contribution in [1.29, 1.82) is 0 Å². The molecule has 1 aromatic carbocycles. The second-order valence-electron chi connectivity index (χ2n) is 7.06. The third kappa shape index (κ3) is 6.41. The summed E-state index contributed by atoms with van der Waals surface area (Å²) in [7, 11) is 0. The fraction of sp³-hybridized carbons (Fsp3) is 0.240. The Morgan fingerprint density at radius 2 is 1.74 bits per heavy atom. The molecule has 0 aliphatic heterocycles.